The van der Waals surface area contributed by atoms with Crippen LogP contribution in [0.25, 0.3) is 10.9 Å². The van der Waals surface area contributed by atoms with Gasteiger partial charge in [-0.3, -0.25) is 4.79 Å². The fraction of sp³-hybridized carbons (Fsp3) is 0.167. The van der Waals surface area contributed by atoms with E-state index in [4.69, 9.17) is 0 Å². The Kier molecular flexibility index (Phi) is 4.49. The van der Waals surface area contributed by atoms with Gasteiger partial charge in [-0.2, -0.15) is 9.78 Å². The van der Waals surface area contributed by atoms with Crippen molar-refractivity contribution in [1.82, 2.24) is 9.66 Å². The molecule has 0 bridgehead atoms. The van der Waals surface area contributed by atoms with E-state index in [1.807, 2.05) is 26.0 Å². The third kappa shape index (κ3) is 3.23. The van der Waals surface area contributed by atoms with E-state index in [1.165, 1.54) is 4.68 Å². The lowest BCUT2D eigenvalue weighted by Gasteiger charge is -2.11. The molecular weight excluding hydrogens is 370 g/mol. The van der Waals surface area contributed by atoms with E-state index in [-0.39, 0.29) is 17.2 Å². The second-order valence-corrected chi connectivity index (χ2v) is 6.66. The first-order valence-corrected chi connectivity index (χ1v) is 8.30. The van der Waals surface area contributed by atoms with Gasteiger partial charge in [0, 0.05) is 10.4 Å². The third-order valence-electron chi connectivity index (χ3n) is 3.54. The minimum atomic E-state index is -0.221. The number of aromatic hydroxyl groups is 1. The summed E-state index contributed by atoms with van der Waals surface area (Å²) in [6.07, 6.45) is 1.54. The molecule has 0 aliphatic rings. The Morgan fingerprint density at radius 1 is 1.25 bits per heavy atom. The lowest BCUT2D eigenvalue weighted by molar-refractivity contribution is 0.475. The van der Waals surface area contributed by atoms with Crippen LogP contribution < -0.4 is 5.56 Å². The molecule has 1 aromatic heterocycles. The van der Waals surface area contributed by atoms with Crippen LogP contribution in [0.4, 0.5) is 0 Å². The highest BCUT2D eigenvalue weighted by atomic mass is 79.9. The lowest BCUT2D eigenvalue weighted by atomic mass is 10.2. The van der Waals surface area contributed by atoms with Crippen molar-refractivity contribution in [2.24, 2.45) is 5.10 Å². The molecule has 3 rings (SSSR count). The molecule has 0 fully saturated rings. The first-order valence-electron chi connectivity index (χ1n) is 7.51. The predicted molar refractivity (Wildman–Crippen MR) is 98.9 cm³/mol. The van der Waals surface area contributed by atoms with Crippen LogP contribution in [0.15, 0.2) is 56.8 Å². The molecule has 1 heterocycles. The Morgan fingerprint density at radius 3 is 2.75 bits per heavy atom. The summed E-state index contributed by atoms with van der Waals surface area (Å²) in [7, 11) is 0. The van der Waals surface area contributed by atoms with Crippen LogP contribution in [0.3, 0.4) is 0 Å². The van der Waals surface area contributed by atoms with Crippen LogP contribution in [-0.4, -0.2) is 21.0 Å². The van der Waals surface area contributed by atoms with Crippen molar-refractivity contribution in [3.8, 4) is 5.75 Å². The zero-order valence-corrected chi connectivity index (χ0v) is 14.9. The van der Waals surface area contributed by atoms with Crippen LogP contribution >= 0.6 is 15.9 Å². The molecule has 3 aromatic rings. The molecule has 6 heteroatoms. The van der Waals surface area contributed by atoms with E-state index in [0.29, 0.717) is 22.3 Å². The Morgan fingerprint density at radius 2 is 2.04 bits per heavy atom. The van der Waals surface area contributed by atoms with Crippen molar-refractivity contribution in [3.05, 3.63) is 68.7 Å². The average Bonchev–Trinajstić information content (AvgIpc) is 2.54. The lowest BCUT2D eigenvalue weighted by Crippen LogP contribution is -2.23. The molecule has 5 nitrogen and oxygen atoms in total. The van der Waals surface area contributed by atoms with E-state index in [9.17, 15) is 9.90 Å². The Balaban J connectivity index is 2.19. The molecule has 0 atom stereocenters. The Labute approximate surface area is 147 Å². The van der Waals surface area contributed by atoms with Crippen molar-refractivity contribution < 1.29 is 5.11 Å². The molecule has 0 unspecified atom stereocenters. The van der Waals surface area contributed by atoms with E-state index in [1.54, 1.807) is 36.5 Å². The summed E-state index contributed by atoms with van der Waals surface area (Å²) < 4.78 is 2.14. The number of hydrogen-bond acceptors (Lipinski definition) is 4. The first kappa shape index (κ1) is 16.4. The van der Waals surface area contributed by atoms with Crippen molar-refractivity contribution in [3.63, 3.8) is 0 Å². The first-order chi connectivity index (χ1) is 11.5. The molecule has 0 radical (unpaired) electrons. The van der Waals surface area contributed by atoms with Gasteiger partial charge in [0.2, 0.25) is 0 Å². The Bertz CT molecular complexity index is 993. The summed E-state index contributed by atoms with van der Waals surface area (Å²) in [5.41, 5.74) is 1.13. The van der Waals surface area contributed by atoms with Gasteiger partial charge >= 0.3 is 0 Å². The maximum atomic E-state index is 12.8. The molecule has 0 saturated carbocycles. The summed E-state index contributed by atoms with van der Waals surface area (Å²) in [4.78, 5) is 17.4. The van der Waals surface area contributed by atoms with Gasteiger partial charge in [-0.1, -0.05) is 41.9 Å². The number of fused-ring (bicyclic) bond motifs is 1. The SMILES string of the molecule is CC(C)c1nc2ccc(Br)cc2c(=O)n1N=Cc1cccc(O)c1. The van der Waals surface area contributed by atoms with Crippen LogP contribution in [-0.2, 0) is 0 Å². The van der Waals surface area contributed by atoms with E-state index < -0.39 is 0 Å². The highest BCUT2D eigenvalue weighted by Crippen LogP contribution is 2.19. The van der Waals surface area contributed by atoms with Crippen LogP contribution in [0, 0.1) is 0 Å². The largest absolute Gasteiger partial charge is 0.508 e. The van der Waals surface area contributed by atoms with Crippen molar-refractivity contribution in [2.45, 2.75) is 19.8 Å². The maximum Gasteiger partial charge on any atom is 0.282 e. The molecule has 0 aliphatic heterocycles. The summed E-state index contributed by atoms with van der Waals surface area (Å²) in [5, 5.41) is 14.3. The van der Waals surface area contributed by atoms with Crippen molar-refractivity contribution in [2.75, 3.05) is 0 Å². The van der Waals surface area contributed by atoms with Crippen LogP contribution in [0.1, 0.15) is 31.2 Å². The topological polar surface area (TPSA) is 67.5 Å². The number of halogens is 1. The summed E-state index contributed by atoms with van der Waals surface area (Å²) in [5.74, 6) is 0.772. The number of nitrogens with zero attached hydrogens (tertiary/aromatic N) is 3. The number of rotatable bonds is 3. The quantitative estimate of drug-likeness (QED) is 0.695. The van der Waals surface area contributed by atoms with Gasteiger partial charge in [0.05, 0.1) is 17.1 Å². The minimum Gasteiger partial charge on any atom is -0.508 e. The van der Waals surface area contributed by atoms with Crippen molar-refractivity contribution in [1.29, 1.82) is 0 Å². The van der Waals surface area contributed by atoms with Crippen LogP contribution in [0.5, 0.6) is 5.75 Å². The summed E-state index contributed by atoms with van der Waals surface area (Å²) in [6.45, 7) is 3.93. The summed E-state index contributed by atoms with van der Waals surface area (Å²) >= 11 is 3.38. The molecule has 1 N–H and O–H groups in total. The van der Waals surface area contributed by atoms with E-state index >= 15 is 0 Å². The second kappa shape index (κ2) is 6.57. The third-order valence-corrected chi connectivity index (χ3v) is 4.04. The number of aromatic nitrogens is 2. The summed E-state index contributed by atoms with van der Waals surface area (Å²) in [6, 6.07) is 12.1. The maximum absolute atomic E-state index is 12.8. The van der Waals surface area contributed by atoms with E-state index in [2.05, 4.69) is 26.0 Å². The molecule has 0 aliphatic carbocycles. The average molecular weight is 386 g/mol. The molecule has 24 heavy (non-hydrogen) atoms. The van der Waals surface area contributed by atoms with Gasteiger partial charge in [0.1, 0.15) is 11.6 Å². The standard InChI is InChI=1S/C18H16BrN3O2/c1-11(2)17-21-16-7-6-13(19)9-15(16)18(24)22(17)20-10-12-4-3-5-14(23)8-12/h3-11,23H,1-2H3. The van der Waals surface area contributed by atoms with Gasteiger partial charge in [-0.05, 0) is 35.9 Å². The van der Waals surface area contributed by atoms with Crippen LogP contribution in [0.2, 0.25) is 0 Å². The minimum absolute atomic E-state index is 0.0343. The normalized spacial score (nSPS) is 11.7. The Hall–Kier alpha value is -2.47. The molecule has 0 amide bonds. The number of phenolic OH excluding ortho intramolecular Hbond substituents is 1. The predicted octanol–water partition coefficient (Wildman–Crippen LogP) is 3.87. The molecule has 2 aromatic carbocycles. The monoisotopic (exact) mass is 385 g/mol. The van der Waals surface area contributed by atoms with Crippen molar-refractivity contribution >= 4 is 33.0 Å². The van der Waals surface area contributed by atoms with Gasteiger partial charge in [-0.15, -0.1) is 0 Å². The molecular formula is C18H16BrN3O2. The second-order valence-electron chi connectivity index (χ2n) is 5.74. The van der Waals surface area contributed by atoms with Gasteiger partial charge in [0.15, 0.2) is 0 Å². The molecule has 0 spiro atoms. The fourth-order valence-electron chi connectivity index (χ4n) is 2.38. The zero-order valence-electron chi connectivity index (χ0n) is 13.3. The number of phenols is 1. The zero-order chi connectivity index (χ0) is 17.3. The molecule has 122 valence electrons. The van der Waals surface area contributed by atoms with Gasteiger partial charge in [0.25, 0.3) is 5.56 Å². The number of hydrogen-bond donors (Lipinski definition) is 1. The highest BCUT2D eigenvalue weighted by Gasteiger charge is 2.13. The molecule has 0 saturated heterocycles. The smallest absolute Gasteiger partial charge is 0.282 e. The number of benzene rings is 2. The fourth-order valence-corrected chi connectivity index (χ4v) is 2.74. The van der Waals surface area contributed by atoms with Gasteiger partial charge in [-0.25, -0.2) is 4.98 Å². The highest BCUT2D eigenvalue weighted by molar-refractivity contribution is 9.10. The van der Waals surface area contributed by atoms with Gasteiger partial charge < -0.3 is 5.11 Å². The van der Waals surface area contributed by atoms with E-state index in [0.717, 1.165) is 4.47 Å².